The van der Waals surface area contributed by atoms with E-state index < -0.39 is 0 Å². The van der Waals surface area contributed by atoms with Crippen LogP contribution in [0.4, 0.5) is 0 Å². The Morgan fingerprint density at radius 2 is 1.97 bits per heavy atom. The summed E-state index contributed by atoms with van der Waals surface area (Å²) in [7, 11) is 1.88. The van der Waals surface area contributed by atoms with Gasteiger partial charge in [-0.25, -0.2) is 14.5 Å². The smallest absolute Gasteiger partial charge is 0.182 e. The molecular formula is C21H24N8. The molecule has 0 radical (unpaired) electrons. The summed E-state index contributed by atoms with van der Waals surface area (Å²) in [6.07, 6.45) is 6.21. The Morgan fingerprint density at radius 1 is 1.07 bits per heavy atom. The van der Waals surface area contributed by atoms with Crippen molar-refractivity contribution in [1.29, 1.82) is 0 Å². The van der Waals surface area contributed by atoms with Crippen molar-refractivity contribution in [3.8, 4) is 11.4 Å². The van der Waals surface area contributed by atoms with Gasteiger partial charge in [0.25, 0.3) is 0 Å². The number of fused-ring (bicyclic) bond motifs is 4. The summed E-state index contributed by atoms with van der Waals surface area (Å²) in [4.78, 5) is 14.4. The predicted molar refractivity (Wildman–Crippen MR) is 110 cm³/mol. The molecule has 29 heavy (non-hydrogen) atoms. The van der Waals surface area contributed by atoms with Gasteiger partial charge in [-0.3, -0.25) is 14.5 Å². The number of hydrogen-bond acceptors (Lipinski definition) is 6. The van der Waals surface area contributed by atoms with Crippen LogP contribution in [0.1, 0.15) is 18.4 Å². The molecule has 0 spiro atoms. The van der Waals surface area contributed by atoms with Crippen molar-refractivity contribution in [2.24, 2.45) is 7.05 Å². The highest BCUT2D eigenvalue weighted by atomic mass is 15.3. The van der Waals surface area contributed by atoms with Gasteiger partial charge in [-0.05, 0) is 24.9 Å². The van der Waals surface area contributed by atoms with Gasteiger partial charge in [0.15, 0.2) is 17.1 Å². The number of aromatic nitrogens is 6. The molecule has 3 aromatic heterocycles. The Hall–Kier alpha value is -2.84. The largest absolute Gasteiger partial charge is 0.298 e. The van der Waals surface area contributed by atoms with Crippen LogP contribution in [-0.4, -0.2) is 71.4 Å². The minimum Gasteiger partial charge on any atom is -0.298 e. The van der Waals surface area contributed by atoms with E-state index in [2.05, 4.69) is 49.2 Å². The molecule has 1 aromatic carbocycles. The molecule has 0 amide bonds. The third-order valence-electron chi connectivity index (χ3n) is 6.36. The van der Waals surface area contributed by atoms with Gasteiger partial charge in [0.1, 0.15) is 6.33 Å². The molecule has 0 N–H and O–H groups in total. The van der Waals surface area contributed by atoms with E-state index in [1.807, 2.05) is 7.05 Å². The molecule has 2 aliphatic heterocycles. The molecule has 2 saturated heterocycles. The predicted octanol–water partition coefficient (Wildman–Crippen LogP) is 1.96. The first-order chi connectivity index (χ1) is 14.2. The highest BCUT2D eigenvalue weighted by Gasteiger charge is 2.30. The van der Waals surface area contributed by atoms with Crippen LogP contribution in [0.15, 0.2) is 36.8 Å². The fourth-order valence-corrected chi connectivity index (χ4v) is 4.78. The summed E-state index contributed by atoms with van der Waals surface area (Å²) >= 11 is 0. The Bertz CT molecular complexity index is 1170. The summed E-state index contributed by atoms with van der Waals surface area (Å²) in [6, 6.07) is 9.44. The minimum atomic E-state index is 0.717. The molecule has 6 rings (SSSR count). The van der Waals surface area contributed by atoms with Gasteiger partial charge in [0, 0.05) is 44.8 Å². The summed E-state index contributed by atoms with van der Waals surface area (Å²) in [6.45, 7) is 5.89. The van der Waals surface area contributed by atoms with E-state index >= 15 is 0 Å². The van der Waals surface area contributed by atoms with Crippen LogP contribution in [0.5, 0.6) is 0 Å². The standard InChI is InChI=1S/C21H24N8/c1-26-20-18(11-23-26)21-24-19(25-29(21)14-22-20)16-6-4-15(5-7-16)12-27-9-10-28-8-2-3-17(28)13-27/h4-7,11,14,17H,2-3,8-10,12-13H2,1H3/t17-/m1/s1. The summed E-state index contributed by atoms with van der Waals surface area (Å²) < 4.78 is 3.48. The zero-order valence-electron chi connectivity index (χ0n) is 16.6. The van der Waals surface area contributed by atoms with Crippen LogP contribution in [0.25, 0.3) is 28.1 Å². The number of rotatable bonds is 3. The van der Waals surface area contributed by atoms with Crippen LogP contribution in [0, 0.1) is 0 Å². The van der Waals surface area contributed by atoms with Crippen molar-refractivity contribution in [3.63, 3.8) is 0 Å². The van der Waals surface area contributed by atoms with Crippen LogP contribution in [0.2, 0.25) is 0 Å². The lowest BCUT2D eigenvalue weighted by molar-refractivity contribution is 0.0994. The second-order valence-electron chi connectivity index (χ2n) is 8.22. The second-order valence-corrected chi connectivity index (χ2v) is 8.22. The normalized spacial score (nSPS) is 20.7. The van der Waals surface area contributed by atoms with Gasteiger partial charge < -0.3 is 0 Å². The van der Waals surface area contributed by atoms with Crippen LogP contribution < -0.4 is 0 Å². The van der Waals surface area contributed by atoms with Gasteiger partial charge in [-0.2, -0.15) is 5.10 Å². The highest BCUT2D eigenvalue weighted by molar-refractivity contribution is 5.88. The number of nitrogens with zero attached hydrogens (tertiary/aromatic N) is 8. The van der Waals surface area contributed by atoms with Crippen LogP contribution >= 0.6 is 0 Å². The first-order valence-electron chi connectivity index (χ1n) is 10.3. The van der Waals surface area contributed by atoms with E-state index in [1.165, 1.54) is 44.6 Å². The number of aryl methyl sites for hydroxylation is 1. The van der Waals surface area contributed by atoms with E-state index in [-0.39, 0.29) is 0 Å². The molecule has 0 unspecified atom stereocenters. The zero-order chi connectivity index (χ0) is 19.4. The first-order valence-corrected chi connectivity index (χ1v) is 10.3. The quantitative estimate of drug-likeness (QED) is 0.535. The highest BCUT2D eigenvalue weighted by Crippen LogP contribution is 2.24. The second kappa shape index (κ2) is 6.60. The van der Waals surface area contributed by atoms with Gasteiger partial charge in [-0.15, -0.1) is 5.10 Å². The maximum absolute atomic E-state index is 4.75. The van der Waals surface area contributed by atoms with E-state index in [4.69, 9.17) is 4.98 Å². The number of benzene rings is 1. The molecule has 2 aliphatic rings. The Balaban J connectivity index is 1.23. The van der Waals surface area contributed by atoms with Crippen molar-refractivity contribution in [3.05, 3.63) is 42.4 Å². The lowest BCUT2D eigenvalue weighted by Crippen LogP contribution is -2.49. The molecule has 148 valence electrons. The van der Waals surface area contributed by atoms with Crippen molar-refractivity contribution < 1.29 is 0 Å². The average molecular weight is 388 g/mol. The topological polar surface area (TPSA) is 67.4 Å². The fraction of sp³-hybridized carbons (Fsp3) is 0.429. The molecule has 4 aromatic rings. The van der Waals surface area contributed by atoms with E-state index in [1.54, 1.807) is 21.7 Å². The van der Waals surface area contributed by atoms with Crippen LogP contribution in [0.3, 0.4) is 0 Å². The summed E-state index contributed by atoms with van der Waals surface area (Å²) in [5, 5.41) is 9.81. The SMILES string of the molecule is Cn1ncc2c1ncn1nc(-c3ccc(CN4CCN5CCC[C@@H]5C4)cc3)nc21. The monoisotopic (exact) mass is 388 g/mol. The van der Waals surface area contributed by atoms with Gasteiger partial charge >= 0.3 is 0 Å². The number of piperazine rings is 1. The van der Waals surface area contributed by atoms with Crippen molar-refractivity contribution in [1.82, 2.24) is 39.2 Å². The molecule has 0 bridgehead atoms. The zero-order valence-corrected chi connectivity index (χ0v) is 16.6. The van der Waals surface area contributed by atoms with Gasteiger partial charge in [-0.1, -0.05) is 24.3 Å². The minimum absolute atomic E-state index is 0.717. The third-order valence-corrected chi connectivity index (χ3v) is 6.36. The fourth-order valence-electron chi connectivity index (χ4n) is 4.78. The summed E-state index contributed by atoms with van der Waals surface area (Å²) in [5.41, 5.74) is 3.97. The molecule has 0 aliphatic carbocycles. The first kappa shape index (κ1) is 17.1. The number of hydrogen-bond donors (Lipinski definition) is 0. The van der Waals surface area contributed by atoms with E-state index in [0.717, 1.165) is 34.8 Å². The van der Waals surface area contributed by atoms with Gasteiger partial charge in [0.05, 0.1) is 11.6 Å². The van der Waals surface area contributed by atoms with E-state index in [9.17, 15) is 0 Å². The molecule has 5 heterocycles. The van der Waals surface area contributed by atoms with Crippen molar-refractivity contribution >= 4 is 16.7 Å². The Labute approximate surface area is 168 Å². The lowest BCUT2D eigenvalue weighted by atomic mass is 10.1. The van der Waals surface area contributed by atoms with Crippen molar-refractivity contribution in [2.45, 2.75) is 25.4 Å². The lowest BCUT2D eigenvalue weighted by Gasteiger charge is -2.37. The molecule has 1 atom stereocenters. The molecule has 8 heteroatoms. The van der Waals surface area contributed by atoms with Gasteiger partial charge in [0.2, 0.25) is 0 Å². The maximum atomic E-state index is 4.75. The molecule has 8 nitrogen and oxygen atoms in total. The molecule has 2 fully saturated rings. The van der Waals surface area contributed by atoms with E-state index in [0.29, 0.717) is 5.82 Å². The summed E-state index contributed by atoms with van der Waals surface area (Å²) in [5.74, 6) is 0.717. The third kappa shape index (κ3) is 2.90. The average Bonchev–Trinajstić information content (AvgIpc) is 3.46. The van der Waals surface area contributed by atoms with Crippen molar-refractivity contribution in [2.75, 3.05) is 26.2 Å². The Kier molecular flexibility index (Phi) is 3.88. The molecule has 0 saturated carbocycles. The maximum Gasteiger partial charge on any atom is 0.182 e. The molecular weight excluding hydrogens is 364 g/mol. The van der Waals surface area contributed by atoms with Crippen LogP contribution in [-0.2, 0) is 13.6 Å². The Morgan fingerprint density at radius 3 is 2.86 bits per heavy atom.